The van der Waals surface area contributed by atoms with Crippen LogP contribution in [0.4, 0.5) is 13.2 Å². The summed E-state index contributed by atoms with van der Waals surface area (Å²) in [5.74, 6) is -4.44. The van der Waals surface area contributed by atoms with Gasteiger partial charge >= 0.3 is 0 Å². The first kappa shape index (κ1) is 9.57. The first-order valence-corrected chi connectivity index (χ1v) is 3.43. The lowest BCUT2D eigenvalue weighted by molar-refractivity contribution is 0.0958. The van der Waals surface area contributed by atoms with Gasteiger partial charge in [0.15, 0.2) is 11.6 Å². The molecule has 0 bridgehead atoms. The van der Waals surface area contributed by atoms with Crippen LogP contribution in [0.5, 0.6) is 0 Å². The third-order valence-electron chi connectivity index (χ3n) is 1.48. The quantitative estimate of drug-likeness (QED) is 0.666. The monoisotopic (exact) mass is 189 g/mol. The number of amides is 1. The molecule has 0 saturated heterocycles. The van der Waals surface area contributed by atoms with Crippen LogP contribution < -0.4 is 5.32 Å². The Hall–Kier alpha value is -1.52. The Labute approximate surface area is 72.4 Å². The smallest absolute Gasteiger partial charge is 0.254 e. The molecule has 13 heavy (non-hydrogen) atoms. The van der Waals surface area contributed by atoms with Crippen LogP contribution in [0.1, 0.15) is 10.4 Å². The van der Waals surface area contributed by atoms with Gasteiger partial charge in [-0.3, -0.25) is 4.79 Å². The predicted octanol–water partition coefficient (Wildman–Crippen LogP) is 1.46. The van der Waals surface area contributed by atoms with Crippen LogP contribution in [0.3, 0.4) is 0 Å². The molecule has 1 aromatic rings. The Morgan fingerprint density at radius 3 is 2.23 bits per heavy atom. The number of carbonyl (C=O) groups is 1. The maximum absolute atomic E-state index is 12.8. The average molecular weight is 189 g/mol. The van der Waals surface area contributed by atoms with Crippen LogP contribution in [0.2, 0.25) is 0 Å². The van der Waals surface area contributed by atoms with E-state index in [9.17, 15) is 18.0 Å². The number of rotatable bonds is 1. The molecule has 1 N–H and O–H groups in total. The minimum absolute atomic E-state index is 0.333. The van der Waals surface area contributed by atoms with E-state index in [1.165, 1.54) is 7.05 Å². The fourth-order valence-electron chi connectivity index (χ4n) is 0.831. The molecule has 5 heteroatoms. The topological polar surface area (TPSA) is 29.1 Å². The molecule has 1 aromatic carbocycles. The molecule has 0 atom stereocenters. The van der Waals surface area contributed by atoms with Gasteiger partial charge in [0, 0.05) is 13.1 Å². The van der Waals surface area contributed by atoms with Crippen LogP contribution in [0, 0.1) is 17.5 Å². The van der Waals surface area contributed by atoms with Crippen molar-refractivity contribution in [2.45, 2.75) is 0 Å². The molecular weight excluding hydrogens is 183 g/mol. The van der Waals surface area contributed by atoms with Gasteiger partial charge in [-0.15, -0.1) is 0 Å². The summed E-state index contributed by atoms with van der Waals surface area (Å²) in [6.07, 6.45) is 0. The largest absolute Gasteiger partial charge is 0.355 e. The molecule has 0 saturated carbocycles. The third kappa shape index (κ3) is 1.80. The van der Waals surface area contributed by atoms with Gasteiger partial charge in [0.05, 0.1) is 5.56 Å². The van der Waals surface area contributed by atoms with E-state index >= 15 is 0 Å². The van der Waals surface area contributed by atoms with E-state index in [2.05, 4.69) is 5.32 Å². The van der Waals surface area contributed by atoms with E-state index in [4.69, 9.17) is 0 Å². The highest BCUT2D eigenvalue weighted by Gasteiger charge is 2.14. The Balaban J connectivity index is 3.23. The van der Waals surface area contributed by atoms with Crippen molar-refractivity contribution in [1.82, 2.24) is 5.32 Å². The van der Waals surface area contributed by atoms with Gasteiger partial charge in [0.2, 0.25) is 0 Å². The van der Waals surface area contributed by atoms with Crippen LogP contribution in [0.25, 0.3) is 0 Å². The molecule has 0 aliphatic carbocycles. The van der Waals surface area contributed by atoms with E-state index in [0.717, 1.165) is 0 Å². The zero-order valence-electron chi connectivity index (χ0n) is 6.70. The minimum atomic E-state index is -1.31. The van der Waals surface area contributed by atoms with Crippen molar-refractivity contribution in [3.63, 3.8) is 0 Å². The number of hydrogen-bond donors (Lipinski definition) is 1. The Morgan fingerprint density at radius 1 is 1.15 bits per heavy atom. The molecule has 0 radical (unpaired) electrons. The molecule has 0 fully saturated rings. The summed E-state index contributed by atoms with van der Waals surface area (Å²) in [7, 11) is 1.27. The lowest BCUT2D eigenvalue weighted by Crippen LogP contribution is -2.19. The SMILES string of the molecule is CNC(=O)c1cc(F)c(F)cc1F. The summed E-state index contributed by atoms with van der Waals surface area (Å²) < 4.78 is 37.7. The van der Waals surface area contributed by atoms with Crippen molar-refractivity contribution in [2.24, 2.45) is 0 Å². The Kier molecular flexibility index (Phi) is 2.55. The molecule has 70 valence electrons. The second kappa shape index (κ2) is 3.47. The lowest BCUT2D eigenvalue weighted by Gasteiger charge is -2.01. The van der Waals surface area contributed by atoms with Gasteiger partial charge in [-0.05, 0) is 6.07 Å². The first-order valence-electron chi connectivity index (χ1n) is 3.43. The zero-order valence-corrected chi connectivity index (χ0v) is 6.70. The summed E-state index contributed by atoms with van der Waals surface area (Å²) >= 11 is 0. The summed E-state index contributed by atoms with van der Waals surface area (Å²) in [5.41, 5.74) is -0.513. The van der Waals surface area contributed by atoms with Crippen molar-refractivity contribution < 1.29 is 18.0 Å². The Morgan fingerprint density at radius 2 is 1.69 bits per heavy atom. The van der Waals surface area contributed by atoms with E-state index in [0.29, 0.717) is 12.1 Å². The first-order chi connectivity index (χ1) is 6.06. The van der Waals surface area contributed by atoms with Crippen LogP contribution in [-0.4, -0.2) is 13.0 Å². The van der Waals surface area contributed by atoms with Gasteiger partial charge in [-0.25, -0.2) is 13.2 Å². The van der Waals surface area contributed by atoms with Crippen molar-refractivity contribution in [3.8, 4) is 0 Å². The minimum Gasteiger partial charge on any atom is -0.355 e. The molecule has 0 unspecified atom stereocenters. The Bertz CT molecular complexity index is 351. The second-order valence-corrected chi connectivity index (χ2v) is 2.33. The maximum Gasteiger partial charge on any atom is 0.254 e. The molecular formula is C8H6F3NO. The second-order valence-electron chi connectivity index (χ2n) is 2.33. The molecule has 0 aliphatic rings. The summed E-state index contributed by atoms with van der Waals surface area (Å²) in [6, 6.07) is 0.851. The van der Waals surface area contributed by atoms with E-state index in [1.54, 1.807) is 0 Å². The van der Waals surface area contributed by atoms with E-state index in [1.807, 2.05) is 0 Å². The van der Waals surface area contributed by atoms with Gasteiger partial charge < -0.3 is 5.32 Å². The number of nitrogens with one attached hydrogen (secondary N) is 1. The molecule has 1 rings (SSSR count). The summed E-state index contributed by atoms with van der Waals surface area (Å²) in [4.78, 5) is 10.9. The van der Waals surface area contributed by atoms with Crippen LogP contribution in [-0.2, 0) is 0 Å². The van der Waals surface area contributed by atoms with Gasteiger partial charge in [-0.2, -0.15) is 0 Å². The van der Waals surface area contributed by atoms with Crippen molar-refractivity contribution in [2.75, 3.05) is 7.05 Å². The highest BCUT2D eigenvalue weighted by Crippen LogP contribution is 2.13. The van der Waals surface area contributed by atoms with E-state index in [-0.39, 0.29) is 0 Å². The maximum atomic E-state index is 12.8. The summed E-state index contributed by atoms with van der Waals surface area (Å²) in [5, 5.41) is 2.10. The molecule has 0 aromatic heterocycles. The standard InChI is InChI=1S/C8H6F3NO/c1-12-8(13)4-2-6(10)7(11)3-5(4)9/h2-3H,1H3,(H,12,13). The number of halogens is 3. The lowest BCUT2D eigenvalue weighted by atomic mass is 10.2. The van der Waals surface area contributed by atoms with Gasteiger partial charge in [-0.1, -0.05) is 0 Å². The molecule has 2 nitrogen and oxygen atoms in total. The third-order valence-corrected chi connectivity index (χ3v) is 1.48. The van der Waals surface area contributed by atoms with Crippen molar-refractivity contribution in [1.29, 1.82) is 0 Å². The fraction of sp³-hybridized carbons (Fsp3) is 0.125. The zero-order chi connectivity index (χ0) is 10.0. The predicted molar refractivity (Wildman–Crippen MR) is 39.7 cm³/mol. The highest BCUT2D eigenvalue weighted by atomic mass is 19.2. The normalized spacial score (nSPS) is 9.85. The van der Waals surface area contributed by atoms with Crippen LogP contribution >= 0.6 is 0 Å². The average Bonchev–Trinajstić information content (AvgIpc) is 2.10. The fourth-order valence-corrected chi connectivity index (χ4v) is 0.831. The number of benzene rings is 1. The molecule has 0 aliphatic heterocycles. The highest BCUT2D eigenvalue weighted by molar-refractivity contribution is 5.94. The van der Waals surface area contributed by atoms with Crippen molar-refractivity contribution in [3.05, 3.63) is 35.1 Å². The molecule has 0 heterocycles. The van der Waals surface area contributed by atoms with E-state index < -0.39 is 28.9 Å². The molecule has 1 amide bonds. The number of hydrogen-bond acceptors (Lipinski definition) is 1. The molecule has 0 spiro atoms. The van der Waals surface area contributed by atoms with Crippen LogP contribution in [0.15, 0.2) is 12.1 Å². The van der Waals surface area contributed by atoms with Gasteiger partial charge in [0.1, 0.15) is 5.82 Å². The van der Waals surface area contributed by atoms with Gasteiger partial charge in [0.25, 0.3) is 5.91 Å². The summed E-state index contributed by atoms with van der Waals surface area (Å²) in [6.45, 7) is 0. The van der Waals surface area contributed by atoms with Crippen molar-refractivity contribution >= 4 is 5.91 Å². The number of carbonyl (C=O) groups excluding carboxylic acids is 1.